The van der Waals surface area contributed by atoms with Gasteiger partial charge in [-0.1, -0.05) is 49.2 Å². The third-order valence-corrected chi connectivity index (χ3v) is 7.86. The van der Waals surface area contributed by atoms with E-state index >= 15 is 0 Å². The van der Waals surface area contributed by atoms with Crippen LogP contribution in [0.1, 0.15) is 65.8 Å². The second kappa shape index (κ2) is 10.0. The van der Waals surface area contributed by atoms with Crippen molar-refractivity contribution < 1.29 is 4.79 Å². The molecule has 0 unspecified atom stereocenters. The molecule has 4 rings (SSSR count). The van der Waals surface area contributed by atoms with Crippen molar-refractivity contribution in [3.63, 3.8) is 0 Å². The lowest BCUT2D eigenvalue weighted by Crippen LogP contribution is -2.15. The molecule has 7 heteroatoms. The van der Waals surface area contributed by atoms with E-state index < -0.39 is 0 Å². The highest BCUT2D eigenvalue weighted by Gasteiger charge is 2.22. The van der Waals surface area contributed by atoms with E-state index in [4.69, 9.17) is 9.97 Å². The fraction of sp³-hybridized carbons (Fsp3) is 0.458. The molecule has 1 saturated carbocycles. The van der Waals surface area contributed by atoms with Crippen LogP contribution in [-0.2, 0) is 17.0 Å². The quantitative estimate of drug-likeness (QED) is 0.429. The highest BCUT2D eigenvalue weighted by atomic mass is 32.2. The first-order valence-corrected chi connectivity index (χ1v) is 12.8. The summed E-state index contributed by atoms with van der Waals surface area (Å²) in [5.74, 6) is 0.750. The molecule has 0 bridgehead atoms. The number of imidazole rings is 1. The van der Waals surface area contributed by atoms with Gasteiger partial charge in [-0.2, -0.15) is 0 Å². The molecule has 0 saturated heterocycles. The van der Waals surface area contributed by atoms with E-state index in [1.165, 1.54) is 37.8 Å². The number of carbonyl (C=O) groups is 1. The topological polar surface area (TPSA) is 59.8 Å². The van der Waals surface area contributed by atoms with Gasteiger partial charge in [0.25, 0.3) is 0 Å². The first kappa shape index (κ1) is 22.1. The number of aryl methyl sites for hydroxylation is 2. The molecule has 0 spiro atoms. The van der Waals surface area contributed by atoms with E-state index in [1.54, 1.807) is 23.1 Å². The van der Waals surface area contributed by atoms with E-state index in [-0.39, 0.29) is 5.91 Å². The lowest BCUT2D eigenvalue weighted by atomic mass is 9.95. The Morgan fingerprint density at radius 3 is 2.71 bits per heavy atom. The zero-order valence-corrected chi connectivity index (χ0v) is 20.1. The molecule has 1 N–H and O–H groups in total. The average molecular weight is 455 g/mol. The van der Waals surface area contributed by atoms with Gasteiger partial charge in [-0.3, -0.25) is 4.79 Å². The lowest BCUT2D eigenvalue weighted by Gasteiger charge is -2.26. The predicted molar refractivity (Wildman–Crippen MR) is 129 cm³/mol. The van der Waals surface area contributed by atoms with Crippen LogP contribution in [0, 0.1) is 20.8 Å². The zero-order valence-electron chi connectivity index (χ0n) is 18.5. The van der Waals surface area contributed by atoms with Crippen LogP contribution in [0.25, 0.3) is 0 Å². The standard InChI is InChI=1S/C24H30N4OS2/c1-16-9-7-8-12-21(16)27-22(29)13-23-26-19(14-30-23)15-31-24-25-17(2)18(3)28(24)20-10-5-4-6-11-20/h7-9,12,14,20H,4-6,10-11,13,15H2,1-3H3,(H,27,29). The van der Waals surface area contributed by atoms with Gasteiger partial charge in [0.1, 0.15) is 5.01 Å². The maximum absolute atomic E-state index is 12.4. The fourth-order valence-corrected chi connectivity index (χ4v) is 6.10. The number of nitrogens with zero attached hydrogens (tertiary/aromatic N) is 3. The molecule has 2 aromatic heterocycles. The first-order valence-electron chi connectivity index (χ1n) is 11.0. The molecule has 164 valence electrons. The minimum atomic E-state index is -0.0260. The summed E-state index contributed by atoms with van der Waals surface area (Å²) < 4.78 is 2.46. The zero-order chi connectivity index (χ0) is 21.8. The number of rotatable bonds is 7. The Balaban J connectivity index is 1.37. The molecular weight excluding hydrogens is 424 g/mol. The largest absolute Gasteiger partial charge is 0.325 e. The second-order valence-electron chi connectivity index (χ2n) is 8.29. The van der Waals surface area contributed by atoms with Crippen molar-refractivity contribution in [1.29, 1.82) is 0 Å². The van der Waals surface area contributed by atoms with Gasteiger partial charge in [-0.25, -0.2) is 9.97 Å². The van der Waals surface area contributed by atoms with Crippen LogP contribution in [-0.4, -0.2) is 20.4 Å². The van der Waals surface area contributed by atoms with E-state index in [2.05, 4.69) is 29.1 Å². The van der Waals surface area contributed by atoms with Gasteiger partial charge in [-0.15, -0.1) is 11.3 Å². The minimum absolute atomic E-state index is 0.0260. The molecule has 5 nitrogen and oxygen atoms in total. The summed E-state index contributed by atoms with van der Waals surface area (Å²) >= 11 is 3.32. The van der Waals surface area contributed by atoms with Crippen molar-refractivity contribution >= 4 is 34.7 Å². The first-order chi connectivity index (χ1) is 15.0. The monoisotopic (exact) mass is 454 g/mol. The summed E-state index contributed by atoms with van der Waals surface area (Å²) in [4.78, 5) is 22.0. The summed E-state index contributed by atoms with van der Waals surface area (Å²) in [6, 6.07) is 8.40. The molecule has 1 aliphatic rings. The van der Waals surface area contributed by atoms with Crippen molar-refractivity contribution in [2.75, 3.05) is 5.32 Å². The third kappa shape index (κ3) is 5.39. The summed E-state index contributed by atoms with van der Waals surface area (Å²) in [6.07, 6.45) is 6.78. The molecule has 0 aliphatic heterocycles. The number of carbonyl (C=O) groups excluding carboxylic acids is 1. The molecule has 2 heterocycles. The predicted octanol–water partition coefficient (Wildman–Crippen LogP) is 6.24. The molecule has 1 amide bonds. The van der Waals surface area contributed by atoms with Crippen LogP contribution in [0.15, 0.2) is 34.8 Å². The van der Waals surface area contributed by atoms with Gasteiger partial charge < -0.3 is 9.88 Å². The van der Waals surface area contributed by atoms with Crippen molar-refractivity contribution in [1.82, 2.24) is 14.5 Å². The molecule has 1 aliphatic carbocycles. The Hall–Kier alpha value is -2.12. The summed E-state index contributed by atoms with van der Waals surface area (Å²) in [6.45, 7) is 6.29. The van der Waals surface area contributed by atoms with Crippen molar-refractivity contribution in [3.8, 4) is 0 Å². The number of thiazole rings is 1. The Kier molecular flexibility index (Phi) is 7.13. The molecule has 3 aromatic rings. The number of aromatic nitrogens is 3. The third-order valence-electron chi connectivity index (χ3n) is 5.97. The fourth-order valence-electron chi connectivity index (χ4n) is 4.15. The number of benzene rings is 1. The van der Waals surface area contributed by atoms with Gasteiger partial charge in [0, 0.05) is 28.6 Å². The van der Waals surface area contributed by atoms with Gasteiger partial charge in [0.05, 0.1) is 17.8 Å². The van der Waals surface area contributed by atoms with E-state index in [9.17, 15) is 4.79 Å². The van der Waals surface area contributed by atoms with E-state index in [0.717, 1.165) is 38.6 Å². The molecule has 1 fully saturated rings. The van der Waals surface area contributed by atoms with Crippen LogP contribution < -0.4 is 5.32 Å². The maximum atomic E-state index is 12.4. The summed E-state index contributed by atoms with van der Waals surface area (Å²) in [5, 5.41) is 7.01. The Labute approximate surface area is 192 Å². The van der Waals surface area contributed by atoms with E-state index in [1.807, 2.05) is 31.2 Å². The van der Waals surface area contributed by atoms with Gasteiger partial charge in [0.15, 0.2) is 5.16 Å². The van der Waals surface area contributed by atoms with Crippen LogP contribution in [0.2, 0.25) is 0 Å². The van der Waals surface area contributed by atoms with Crippen LogP contribution in [0.3, 0.4) is 0 Å². The van der Waals surface area contributed by atoms with Crippen LogP contribution in [0.5, 0.6) is 0 Å². The van der Waals surface area contributed by atoms with Gasteiger partial charge >= 0.3 is 0 Å². The smallest absolute Gasteiger partial charge is 0.231 e. The molecular formula is C24H30N4OS2. The SMILES string of the molecule is Cc1ccccc1NC(=O)Cc1nc(CSc2nc(C)c(C)n2C2CCCCC2)cs1. The lowest BCUT2D eigenvalue weighted by molar-refractivity contribution is -0.115. The van der Waals surface area contributed by atoms with Crippen molar-refractivity contribution in [2.45, 2.75) is 76.2 Å². The highest BCUT2D eigenvalue weighted by Crippen LogP contribution is 2.35. The molecule has 0 radical (unpaired) electrons. The summed E-state index contributed by atoms with van der Waals surface area (Å²) in [7, 11) is 0. The normalized spacial score (nSPS) is 14.7. The Morgan fingerprint density at radius 1 is 1.16 bits per heavy atom. The van der Waals surface area contributed by atoms with Crippen LogP contribution in [0.4, 0.5) is 5.69 Å². The number of anilines is 1. The van der Waals surface area contributed by atoms with Crippen LogP contribution >= 0.6 is 23.1 Å². The van der Waals surface area contributed by atoms with Gasteiger partial charge in [-0.05, 0) is 45.2 Å². The number of nitrogens with one attached hydrogen (secondary N) is 1. The molecule has 0 atom stereocenters. The van der Waals surface area contributed by atoms with Crippen molar-refractivity contribution in [2.24, 2.45) is 0 Å². The van der Waals surface area contributed by atoms with E-state index in [0.29, 0.717) is 12.5 Å². The number of amides is 1. The molecule has 31 heavy (non-hydrogen) atoms. The summed E-state index contributed by atoms with van der Waals surface area (Å²) in [5.41, 5.74) is 5.36. The maximum Gasteiger partial charge on any atom is 0.231 e. The number of hydrogen-bond acceptors (Lipinski definition) is 5. The Bertz CT molecular complexity index is 1050. The number of hydrogen-bond donors (Lipinski definition) is 1. The second-order valence-corrected chi connectivity index (χ2v) is 10.2. The van der Waals surface area contributed by atoms with Gasteiger partial charge in [0.2, 0.25) is 5.91 Å². The Morgan fingerprint density at radius 2 is 1.94 bits per heavy atom. The number of thioether (sulfide) groups is 1. The minimum Gasteiger partial charge on any atom is -0.325 e. The molecule has 1 aromatic carbocycles. The average Bonchev–Trinajstić information content (AvgIpc) is 3.32. The number of para-hydroxylation sites is 1. The van der Waals surface area contributed by atoms with Crippen molar-refractivity contribution in [3.05, 3.63) is 57.3 Å². The highest BCUT2D eigenvalue weighted by molar-refractivity contribution is 7.98.